The van der Waals surface area contributed by atoms with E-state index in [1.54, 1.807) is 6.07 Å². The zero-order chi connectivity index (χ0) is 14.7. The summed E-state index contributed by atoms with van der Waals surface area (Å²) in [5.41, 5.74) is 0.00991. The van der Waals surface area contributed by atoms with Gasteiger partial charge in [-0.15, -0.1) is 0 Å². The van der Waals surface area contributed by atoms with Crippen LogP contribution in [0.15, 0.2) is 48.3 Å². The lowest BCUT2D eigenvalue weighted by molar-refractivity contribution is -0.385. The second-order valence-electron chi connectivity index (χ2n) is 4.08. The van der Waals surface area contributed by atoms with Crippen LogP contribution in [0.3, 0.4) is 0 Å². The average molecular weight is 274 g/mol. The topological polar surface area (TPSA) is 101 Å². The van der Waals surface area contributed by atoms with Crippen molar-refractivity contribution >= 4 is 18.1 Å². The van der Waals surface area contributed by atoms with Crippen LogP contribution in [-0.2, 0) is 9.59 Å². The van der Waals surface area contributed by atoms with E-state index >= 15 is 0 Å². The van der Waals surface area contributed by atoms with Gasteiger partial charge in [-0.1, -0.05) is 24.3 Å². The van der Waals surface area contributed by atoms with Gasteiger partial charge in [0.15, 0.2) is 0 Å². The quantitative estimate of drug-likeness (QED) is 0.511. The van der Waals surface area contributed by atoms with E-state index in [0.717, 1.165) is 11.1 Å². The molecule has 0 saturated carbocycles. The molecule has 7 nitrogen and oxygen atoms in total. The van der Waals surface area contributed by atoms with Crippen molar-refractivity contribution in [1.29, 1.82) is 0 Å². The number of para-hydroxylation sites is 1. The number of carbonyl (C=O) groups excluding carboxylic acids is 1. The van der Waals surface area contributed by atoms with Crippen LogP contribution >= 0.6 is 0 Å². The number of hydrogen-bond donors (Lipinski definition) is 1. The lowest BCUT2D eigenvalue weighted by Crippen LogP contribution is -2.20. The fourth-order valence-electron chi connectivity index (χ4n) is 2.01. The van der Waals surface area contributed by atoms with Gasteiger partial charge in [-0.2, -0.15) is 0 Å². The van der Waals surface area contributed by atoms with Crippen LogP contribution in [0.4, 0.5) is 5.69 Å². The van der Waals surface area contributed by atoms with Gasteiger partial charge in [0.2, 0.25) is 6.41 Å². The van der Waals surface area contributed by atoms with Crippen LogP contribution < -0.4 is 0 Å². The second kappa shape index (κ2) is 5.35. The number of aliphatic carboxylic acids is 1. The molecule has 1 aliphatic rings. The number of nitro benzene ring substituents is 1. The van der Waals surface area contributed by atoms with Gasteiger partial charge in [-0.25, -0.2) is 4.79 Å². The Kier molecular flexibility index (Phi) is 3.60. The van der Waals surface area contributed by atoms with E-state index in [1.807, 2.05) is 0 Å². The molecule has 0 radical (unpaired) electrons. The van der Waals surface area contributed by atoms with Gasteiger partial charge in [0.25, 0.3) is 5.69 Å². The molecular formula is C13H10N2O5. The highest BCUT2D eigenvalue weighted by Crippen LogP contribution is 2.34. The van der Waals surface area contributed by atoms with Crippen molar-refractivity contribution in [1.82, 2.24) is 4.90 Å². The molecule has 0 aromatic heterocycles. The number of allylic oxidation sites excluding steroid dienone is 1. The largest absolute Gasteiger partial charge is 0.478 e. The maximum Gasteiger partial charge on any atom is 0.334 e. The first kappa shape index (κ1) is 13.5. The molecule has 1 heterocycles. The van der Waals surface area contributed by atoms with Crippen molar-refractivity contribution in [3.63, 3.8) is 0 Å². The summed E-state index contributed by atoms with van der Waals surface area (Å²) < 4.78 is 0. The summed E-state index contributed by atoms with van der Waals surface area (Å²) in [6.45, 7) is 0. The van der Waals surface area contributed by atoms with E-state index in [9.17, 15) is 24.8 Å². The van der Waals surface area contributed by atoms with Gasteiger partial charge in [-0.05, 0) is 0 Å². The monoisotopic (exact) mass is 274 g/mol. The van der Waals surface area contributed by atoms with E-state index in [2.05, 4.69) is 0 Å². The maximum atomic E-state index is 11.3. The number of rotatable bonds is 4. The van der Waals surface area contributed by atoms with Crippen molar-refractivity contribution in [2.75, 3.05) is 0 Å². The SMILES string of the molecule is O=CN1C=CC(c2ccccc2[N+](=O)[O-])C(C(=O)O)=C1. The first-order chi connectivity index (χ1) is 9.54. The van der Waals surface area contributed by atoms with Gasteiger partial charge < -0.3 is 5.11 Å². The molecule has 2 rings (SSSR count). The molecule has 1 aliphatic heterocycles. The lowest BCUT2D eigenvalue weighted by Gasteiger charge is -2.21. The Morgan fingerprint density at radius 1 is 1.40 bits per heavy atom. The normalized spacial score (nSPS) is 17.5. The van der Waals surface area contributed by atoms with E-state index in [1.165, 1.54) is 30.5 Å². The van der Waals surface area contributed by atoms with Gasteiger partial charge in [0.1, 0.15) is 0 Å². The van der Waals surface area contributed by atoms with Crippen molar-refractivity contribution in [3.8, 4) is 0 Å². The lowest BCUT2D eigenvalue weighted by atomic mass is 9.89. The molecule has 1 aromatic carbocycles. The minimum Gasteiger partial charge on any atom is -0.478 e. The van der Waals surface area contributed by atoms with Gasteiger partial charge in [0, 0.05) is 29.9 Å². The zero-order valence-corrected chi connectivity index (χ0v) is 10.2. The summed E-state index contributed by atoms with van der Waals surface area (Å²) >= 11 is 0. The highest BCUT2D eigenvalue weighted by atomic mass is 16.6. The van der Waals surface area contributed by atoms with Crippen LogP contribution in [0.1, 0.15) is 11.5 Å². The third kappa shape index (κ3) is 2.41. The molecule has 102 valence electrons. The van der Waals surface area contributed by atoms with Gasteiger partial charge >= 0.3 is 5.97 Å². The molecular weight excluding hydrogens is 264 g/mol. The molecule has 1 atom stereocenters. The van der Waals surface area contributed by atoms with E-state index < -0.39 is 16.8 Å². The third-order valence-corrected chi connectivity index (χ3v) is 2.91. The Balaban J connectivity index is 2.52. The number of carboxylic acids is 1. The summed E-state index contributed by atoms with van der Waals surface area (Å²) in [6.07, 6.45) is 4.42. The molecule has 1 amide bonds. The van der Waals surface area contributed by atoms with E-state index in [0.29, 0.717) is 6.41 Å². The van der Waals surface area contributed by atoms with Crippen LogP contribution in [0.25, 0.3) is 0 Å². The first-order valence-electron chi connectivity index (χ1n) is 5.64. The third-order valence-electron chi connectivity index (χ3n) is 2.91. The van der Waals surface area contributed by atoms with Crippen LogP contribution in [0, 0.1) is 10.1 Å². The van der Waals surface area contributed by atoms with E-state index in [4.69, 9.17) is 0 Å². The standard InChI is InChI=1S/C13H10N2O5/c16-8-14-6-5-9(11(7-14)13(17)18)10-3-1-2-4-12(10)15(19)20/h1-9H,(H,17,18). The number of amides is 1. The molecule has 0 aliphatic carbocycles. The van der Waals surface area contributed by atoms with E-state index in [-0.39, 0.29) is 16.8 Å². The Labute approximate surface area is 113 Å². The summed E-state index contributed by atoms with van der Waals surface area (Å²) in [6, 6.07) is 5.92. The predicted octanol–water partition coefficient (Wildman–Crippen LogP) is 1.63. The van der Waals surface area contributed by atoms with Crippen molar-refractivity contribution in [3.05, 3.63) is 64.0 Å². The Morgan fingerprint density at radius 3 is 2.70 bits per heavy atom. The summed E-state index contributed by atoms with van der Waals surface area (Å²) in [7, 11) is 0. The highest BCUT2D eigenvalue weighted by Gasteiger charge is 2.29. The Morgan fingerprint density at radius 2 is 2.10 bits per heavy atom. The average Bonchev–Trinajstić information content (AvgIpc) is 2.46. The van der Waals surface area contributed by atoms with Crippen molar-refractivity contribution < 1.29 is 19.6 Å². The minimum absolute atomic E-state index is 0.103. The number of benzene rings is 1. The molecule has 0 fully saturated rings. The summed E-state index contributed by atoms with van der Waals surface area (Å²) in [5.74, 6) is -2.00. The smallest absolute Gasteiger partial charge is 0.334 e. The fourth-order valence-corrected chi connectivity index (χ4v) is 2.01. The summed E-state index contributed by atoms with van der Waals surface area (Å²) in [5, 5.41) is 20.2. The Hall–Kier alpha value is -2.96. The molecule has 0 bridgehead atoms. The maximum absolute atomic E-state index is 11.3. The first-order valence-corrected chi connectivity index (χ1v) is 5.64. The molecule has 0 saturated heterocycles. The molecule has 20 heavy (non-hydrogen) atoms. The second-order valence-corrected chi connectivity index (χ2v) is 4.08. The molecule has 0 spiro atoms. The van der Waals surface area contributed by atoms with Crippen molar-refractivity contribution in [2.24, 2.45) is 0 Å². The number of carbonyl (C=O) groups is 2. The minimum atomic E-state index is -1.23. The number of nitrogens with zero attached hydrogens (tertiary/aromatic N) is 2. The molecule has 7 heteroatoms. The molecule has 1 aromatic rings. The van der Waals surface area contributed by atoms with Crippen LogP contribution in [0.5, 0.6) is 0 Å². The Bertz CT molecular complexity index is 635. The van der Waals surface area contributed by atoms with Gasteiger partial charge in [0.05, 0.1) is 10.5 Å². The number of nitro groups is 1. The predicted molar refractivity (Wildman–Crippen MR) is 68.6 cm³/mol. The molecule has 1 N–H and O–H groups in total. The highest BCUT2D eigenvalue weighted by molar-refractivity contribution is 5.90. The zero-order valence-electron chi connectivity index (χ0n) is 10.2. The van der Waals surface area contributed by atoms with Gasteiger partial charge in [-0.3, -0.25) is 19.8 Å². The fraction of sp³-hybridized carbons (Fsp3) is 0.0769. The van der Waals surface area contributed by atoms with Crippen LogP contribution in [0.2, 0.25) is 0 Å². The number of hydrogen-bond acceptors (Lipinski definition) is 4. The van der Waals surface area contributed by atoms with Crippen LogP contribution in [-0.4, -0.2) is 27.3 Å². The van der Waals surface area contributed by atoms with Crippen molar-refractivity contribution in [2.45, 2.75) is 5.92 Å². The summed E-state index contributed by atoms with van der Waals surface area (Å²) in [4.78, 5) is 33.4. The number of carboxylic acid groups (broad SMARTS) is 1. The molecule has 1 unspecified atom stereocenters.